The van der Waals surface area contributed by atoms with E-state index >= 15 is 0 Å². The summed E-state index contributed by atoms with van der Waals surface area (Å²) in [6, 6.07) is 10.5. The molecule has 0 unspecified atom stereocenters. The van der Waals surface area contributed by atoms with Crippen LogP contribution in [0.25, 0.3) is 10.9 Å². The molecule has 0 aliphatic carbocycles. The van der Waals surface area contributed by atoms with Gasteiger partial charge in [-0.2, -0.15) is 0 Å². The number of nitrogens with zero attached hydrogens (tertiary/aromatic N) is 1. The Labute approximate surface area is 170 Å². The Kier molecular flexibility index (Phi) is 6.18. The summed E-state index contributed by atoms with van der Waals surface area (Å²) in [5.41, 5.74) is 1.18. The van der Waals surface area contributed by atoms with E-state index in [2.05, 4.69) is 15.6 Å². The maximum absolute atomic E-state index is 13.1. The van der Waals surface area contributed by atoms with Crippen LogP contribution in [-0.2, 0) is 18.3 Å². The Hall–Kier alpha value is -3.33. The van der Waals surface area contributed by atoms with Crippen LogP contribution in [0.5, 0.6) is 0 Å². The summed E-state index contributed by atoms with van der Waals surface area (Å²) in [7, 11) is 1.57. The molecule has 0 atom stereocenters. The molecule has 1 aromatic heterocycles. The monoisotopic (exact) mass is 414 g/mol. The predicted octanol–water partition coefficient (Wildman–Crippen LogP) is 1.82. The van der Waals surface area contributed by atoms with Crippen molar-refractivity contribution in [2.45, 2.75) is 6.42 Å². The number of H-pyrrole nitrogens is 1. The fourth-order valence-electron chi connectivity index (χ4n) is 2.82. The van der Waals surface area contributed by atoms with Crippen molar-refractivity contribution < 1.29 is 14.0 Å². The second-order valence-corrected chi connectivity index (χ2v) is 6.85. The molecule has 0 aliphatic rings. The van der Waals surface area contributed by atoms with E-state index in [4.69, 9.17) is 12.2 Å². The van der Waals surface area contributed by atoms with Gasteiger partial charge in [0.1, 0.15) is 5.82 Å². The Morgan fingerprint density at radius 2 is 1.90 bits per heavy atom. The largest absolute Gasteiger partial charge is 0.354 e. The molecule has 3 aromatic rings. The van der Waals surface area contributed by atoms with Gasteiger partial charge in [-0.25, -0.2) is 4.39 Å². The number of hydrogen-bond donors (Lipinski definition) is 3. The molecule has 3 N–H and O–H groups in total. The van der Waals surface area contributed by atoms with Crippen molar-refractivity contribution in [3.63, 3.8) is 0 Å². The molecule has 29 heavy (non-hydrogen) atoms. The van der Waals surface area contributed by atoms with Crippen LogP contribution in [0, 0.1) is 10.6 Å². The van der Waals surface area contributed by atoms with Crippen molar-refractivity contribution in [1.29, 1.82) is 0 Å². The molecule has 7 nitrogen and oxygen atoms in total. The van der Waals surface area contributed by atoms with Gasteiger partial charge in [0, 0.05) is 25.7 Å². The van der Waals surface area contributed by atoms with E-state index < -0.39 is 5.82 Å². The van der Waals surface area contributed by atoms with Gasteiger partial charge in [-0.05, 0) is 48.1 Å². The molecule has 3 rings (SSSR count). The molecule has 9 heteroatoms. The molecule has 0 radical (unpaired) electrons. The van der Waals surface area contributed by atoms with E-state index in [9.17, 15) is 18.8 Å². The van der Waals surface area contributed by atoms with Gasteiger partial charge in [-0.1, -0.05) is 12.1 Å². The van der Waals surface area contributed by atoms with Crippen molar-refractivity contribution in [2.24, 2.45) is 7.05 Å². The van der Waals surface area contributed by atoms with E-state index in [1.54, 1.807) is 37.4 Å². The van der Waals surface area contributed by atoms with Gasteiger partial charge in [0.2, 0.25) is 5.91 Å². The first-order chi connectivity index (χ1) is 13.8. The topological polar surface area (TPSA) is 96.0 Å². The minimum atomic E-state index is -0.392. The number of benzene rings is 2. The summed E-state index contributed by atoms with van der Waals surface area (Å²) in [5, 5.41) is 5.80. The van der Waals surface area contributed by atoms with Crippen LogP contribution in [0.3, 0.4) is 0 Å². The molecule has 2 amide bonds. The molecule has 150 valence electrons. The molecule has 0 saturated heterocycles. The first-order valence-electron chi connectivity index (χ1n) is 8.87. The lowest BCUT2D eigenvalue weighted by atomic mass is 10.1. The fraction of sp³-hybridized carbons (Fsp3) is 0.200. The lowest BCUT2D eigenvalue weighted by Gasteiger charge is -2.08. The van der Waals surface area contributed by atoms with Gasteiger partial charge in [-0.3, -0.25) is 19.0 Å². The highest BCUT2D eigenvalue weighted by molar-refractivity contribution is 7.71. The Balaban J connectivity index is 1.54. The third kappa shape index (κ3) is 4.94. The molecule has 0 spiro atoms. The summed E-state index contributed by atoms with van der Waals surface area (Å²) in [6.07, 6.45) is 0.0601. The molecular weight excluding hydrogens is 395 g/mol. The zero-order valence-electron chi connectivity index (χ0n) is 15.6. The fourth-order valence-corrected chi connectivity index (χ4v) is 3.02. The summed E-state index contributed by atoms with van der Waals surface area (Å²) in [6.45, 7) is 0.453. The first kappa shape index (κ1) is 20.4. The smallest absolute Gasteiger partial charge is 0.261 e. The maximum Gasteiger partial charge on any atom is 0.261 e. The summed E-state index contributed by atoms with van der Waals surface area (Å²) in [4.78, 5) is 39.3. The Morgan fingerprint density at radius 3 is 2.66 bits per heavy atom. The van der Waals surface area contributed by atoms with Crippen LogP contribution in [0.2, 0.25) is 0 Å². The molecule has 0 saturated carbocycles. The number of hydrogen-bond acceptors (Lipinski definition) is 4. The van der Waals surface area contributed by atoms with E-state index in [1.807, 2.05) is 0 Å². The average molecular weight is 414 g/mol. The third-order valence-electron chi connectivity index (χ3n) is 4.35. The molecule has 1 heterocycles. The highest BCUT2D eigenvalue weighted by Gasteiger charge is 2.09. The van der Waals surface area contributed by atoms with Gasteiger partial charge in [0.25, 0.3) is 11.5 Å². The summed E-state index contributed by atoms with van der Waals surface area (Å²) in [5.74, 6) is -0.999. The Bertz CT molecular complexity index is 1200. The quantitative estimate of drug-likeness (QED) is 0.424. The molecular formula is C20H19FN4O3S. The van der Waals surface area contributed by atoms with Gasteiger partial charge in [0.15, 0.2) is 4.77 Å². The summed E-state index contributed by atoms with van der Waals surface area (Å²) < 4.78 is 14.7. The van der Waals surface area contributed by atoms with Gasteiger partial charge in [-0.15, -0.1) is 0 Å². The standard InChI is InChI=1S/C20H19FN4O3S/c1-25-19(28)15-6-5-13(11-16(15)24-20(25)29)18(27)23-8-7-22-17(26)10-12-3-2-4-14(21)9-12/h2-6,9,11H,7-8,10H2,1H3,(H,22,26)(H,23,27)(H,24,29). The van der Waals surface area contributed by atoms with E-state index in [0.717, 1.165) is 0 Å². The minimum absolute atomic E-state index is 0.0601. The van der Waals surface area contributed by atoms with Crippen molar-refractivity contribution in [3.8, 4) is 0 Å². The van der Waals surface area contributed by atoms with Gasteiger partial charge < -0.3 is 15.6 Å². The number of nitrogens with one attached hydrogen (secondary N) is 3. The highest BCUT2D eigenvalue weighted by atomic mass is 32.1. The predicted molar refractivity (Wildman–Crippen MR) is 110 cm³/mol. The van der Waals surface area contributed by atoms with Crippen molar-refractivity contribution in [3.05, 3.63) is 74.5 Å². The SMILES string of the molecule is Cn1c(=S)[nH]c2cc(C(=O)NCCNC(=O)Cc3cccc(F)c3)ccc2c1=O. The molecule has 2 aromatic carbocycles. The number of aromatic nitrogens is 2. The second kappa shape index (κ2) is 8.78. The van der Waals surface area contributed by atoms with Crippen LogP contribution < -0.4 is 16.2 Å². The second-order valence-electron chi connectivity index (χ2n) is 6.47. The van der Waals surface area contributed by atoms with Crippen LogP contribution in [0.1, 0.15) is 15.9 Å². The van der Waals surface area contributed by atoms with Crippen molar-refractivity contribution >= 4 is 34.9 Å². The number of aromatic amines is 1. The van der Waals surface area contributed by atoms with E-state index in [-0.39, 0.29) is 41.7 Å². The molecule has 0 bridgehead atoms. The number of carbonyl (C=O) groups is 2. The normalized spacial score (nSPS) is 10.7. The highest BCUT2D eigenvalue weighted by Crippen LogP contribution is 2.10. The number of halogens is 1. The van der Waals surface area contributed by atoms with Crippen LogP contribution >= 0.6 is 12.2 Å². The van der Waals surface area contributed by atoms with Crippen LogP contribution in [0.4, 0.5) is 4.39 Å². The third-order valence-corrected chi connectivity index (χ3v) is 4.73. The van der Waals surface area contributed by atoms with Crippen molar-refractivity contribution in [1.82, 2.24) is 20.2 Å². The zero-order valence-corrected chi connectivity index (χ0v) is 16.4. The van der Waals surface area contributed by atoms with Gasteiger partial charge >= 0.3 is 0 Å². The van der Waals surface area contributed by atoms with Crippen LogP contribution in [-0.4, -0.2) is 34.5 Å². The first-order valence-corrected chi connectivity index (χ1v) is 9.28. The van der Waals surface area contributed by atoms with E-state index in [1.165, 1.54) is 16.7 Å². The van der Waals surface area contributed by atoms with Crippen molar-refractivity contribution in [2.75, 3.05) is 13.1 Å². The van der Waals surface area contributed by atoms with E-state index in [0.29, 0.717) is 22.0 Å². The molecule has 0 fully saturated rings. The number of carbonyl (C=O) groups excluding carboxylic acids is 2. The summed E-state index contributed by atoms with van der Waals surface area (Å²) >= 11 is 5.09. The number of amides is 2. The lowest BCUT2D eigenvalue weighted by Crippen LogP contribution is -2.35. The van der Waals surface area contributed by atoms with Crippen LogP contribution in [0.15, 0.2) is 47.3 Å². The average Bonchev–Trinajstić information content (AvgIpc) is 2.69. The minimum Gasteiger partial charge on any atom is -0.354 e. The lowest BCUT2D eigenvalue weighted by molar-refractivity contribution is -0.120. The maximum atomic E-state index is 13.1. The number of fused-ring (bicyclic) bond motifs is 1. The molecule has 0 aliphatic heterocycles. The number of rotatable bonds is 6. The van der Waals surface area contributed by atoms with Gasteiger partial charge in [0.05, 0.1) is 17.3 Å². The Morgan fingerprint density at radius 1 is 1.14 bits per heavy atom. The zero-order chi connectivity index (χ0) is 21.0.